The average Bonchev–Trinajstić information content (AvgIpc) is 2.54. The molecule has 1 aromatic heterocycles. The van der Waals surface area contributed by atoms with E-state index in [1.807, 2.05) is 44.2 Å². The van der Waals surface area contributed by atoms with E-state index in [1.165, 1.54) is 0 Å². The van der Waals surface area contributed by atoms with Crippen molar-refractivity contribution in [2.24, 2.45) is 11.7 Å². The minimum atomic E-state index is -0.894. The number of hydrogen-bond acceptors (Lipinski definition) is 6. The van der Waals surface area contributed by atoms with Gasteiger partial charge < -0.3 is 25.8 Å². The van der Waals surface area contributed by atoms with Crippen molar-refractivity contribution in [1.82, 2.24) is 4.98 Å². The van der Waals surface area contributed by atoms with E-state index in [-0.39, 0.29) is 6.23 Å². The molecule has 1 heterocycles. The van der Waals surface area contributed by atoms with Crippen molar-refractivity contribution >= 4 is 30.4 Å². The molecule has 0 saturated heterocycles. The molecule has 7 nitrogen and oxygen atoms in total. The lowest BCUT2D eigenvalue weighted by Crippen LogP contribution is -2.27. The zero-order chi connectivity index (χ0) is 18.8. The first-order valence-electron chi connectivity index (χ1n) is 8.05. The minimum Gasteiger partial charge on any atom is -0.480 e. The SMILES string of the molecule is CC(C)C[C@H](N)O[B]O.C[C@H](Nc1ccc2ccccc2n1)C(=O)O. The lowest BCUT2D eigenvalue weighted by atomic mass is 10.1. The summed E-state index contributed by atoms with van der Waals surface area (Å²) in [5.41, 5.74) is 6.22. The summed E-state index contributed by atoms with van der Waals surface area (Å²) in [4.78, 5) is 15.0. The highest BCUT2D eigenvalue weighted by Gasteiger charge is 2.10. The molecule has 0 aliphatic carbocycles. The molecule has 5 N–H and O–H groups in total. The summed E-state index contributed by atoms with van der Waals surface area (Å²) >= 11 is 0. The van der Waals surface area contributed by atoms with Crippen molar-refractivity contribution in [2.45, 2.75) is 39.5 Å². The second-order valence-corrected chi connectivity index (χ2v) is 6.00. The molecule has 0 aliphatic heterocycles. The normalized spacial score (nSPS) is 12.9. The van der Waals surface area contributed by atoms with Gasteiger partial charge in [-0.1, -0.05) is 32.0 Å². The third-order valence-electron chi connectivity index (χ3n) is 3.27. The zero-order valence-corrected chi connectivity index (χ0v) is 14.7. The molecule has 0 unspecified atom stereocenters. The molecule has 0 amide bonds. The van der Waals surface area contributed by atoms with E-state index in [4.69, 9.17) is 15.9 Å². The van der Waals surface area contributed by atoms with Gasteiger partial charge in [0.25, 0.3) is 0 Å². The number of nitrogens with zero attached hydrogens (tertiary/aromatic N) is 1. The standard InChI is InChI=1S/C12H12N2O2.C5H13BNO2/c1-8(12(15)16)13-11-7-6-9-4-2-3-5-10(9)14-11;1-4(2)3-5(7)9-6-8/h2-8H,1H3,(H,13,14)(H,15,16);4-5,8H,3,7H2,1-2H3/t8-;5-/m01/s1. The number of fused-ring (bicyclic) bond motifs is 1. The zero-order valence-electron chi connectivity index (χ0n) is 14.7. The Labute approximate surface area is 148 Å². The summed E-state index contributed by atoms with van der Waals surface area (Å²) in [5, 5.41) is 20.7. The number of para-hydroxylation sites is 1. The molecule has 2 rings (SSSR count). The van der Waals surface area contributed by atoms with Crippen LogP contribution in [0.4, 0.5) is 5.82 Å². The average molecular weight is 346 g/mol. The van der Waals surface area contributed by atoms with E-state index in [0.29, 0.717) is 19.4 Å². The molecule has 1 radical (unpaired) electrons. The molecule has 0 spiro atoms. The van der Waals surface area contributed by atoms with E-state index in [9.17, 15) is 4.79 Å². The van der Waals surface area contributed by atoms with Gasteiger partial charge in [-0.15, -0.1) is 0 Å². The molecular formula is C17H25BN3O4. The van der Waals surface area contributed by atoms with Crippen LogP contribution in [0.3, 0.4) is 0 Å². The van der Waals surface area contributed by atoms with Gasteiger partial charge >= 0.3 is 13.7 Å². The number of benzene rings is 1. The van der Waals surface area contributed by atoms with Gasteiger partial charge in [0.05, 0.1) is 11.7 Å². The van der Waals surface area contributed by atoms with Crippen molar-refractivity contribution in [2.75, 3.05) is 5.32 Å². The number of carboxylic acid groups (broad SMARTS) is 1. The van der Waals surface area contributed by atoms with Gasteiger partial charge in [0.1, 0.15) is 11.9 Å². The van der Waals surface area contributed by atoms with E-state index < -0.39 is 12.0 Å². The number of nitrogens with two attached hydrogens (primary N) is 1. The summed E-state index contributed by atoms with van der Waals surface area (Å²) < 4.78 is 4.56. The first-order chi connectivity index (χ1) is 11.8. The Morgan fingerprint density at radius 2 is 1.96 bits per heavy atom. The predicted molar refractivity (Wildman–Crippen MR) is 99.0 cm³/mol. The lowest BCUT2D eigenvalue weighted by molar-refractivity contribution is -0.137. The molecule has 1 aromatic carbocycles. The number of carboxylic acids is 1. The highest BCUT2D eigenvalue weighted by atomic mass is 16.5. The second kappa shape index (κ2) is 10.7. The van der Waals surface area contributed by atoms with Gasteiger partial charge in [0.2, 0.25) is 0 Å². The second-order valence-electron chi connectivity index (χ2n) is 6.00. The van der Waals surface area contributed by atoms with Crippen LogP contribution in [0.15, 0.2) is 36.4 Å². The summed E-state index contributed by atoms with van der Waals surface area (Å²) in [6.45, 7) is 5.67. The number of aliphatic carboxylic acids is 1. The highest BCUT2D eigenvalue weighted by Crippen LogP contribution is 2.14. The first-order valence-corrected chi connectivity index (χ1v) is 8.05. The fourth-order valence-corrected chi connectivity index (χ4v) is 2.03. The predicted octanol–water partition coefficient (Wildman–Crippen LogP) is 1.98. The molecule has 0 fully saturated rings. The van der Waals surface area contributed by atoms with Crippen LogP contribution in [-0.2, 0) is 9.45 Å². The monoisotopic (exact) mass is 346 g/mol. The molecule has 0 saturated carbocycles. The Morgan fingerprint density at radius 3 is 2.56 bits per heavy atom. The third kappa shape index (κ3) is 7.97. The fourth-order valence-electron chi connectivity index (χ4n) is 2.03. The van der Waals surface area contributed by atoms with Crippen LogP contribution in [0.5, 0.6) is 0 Å². The van der Waals surface area contributed by atoms with Crippen molar-refractivity contribution in [3.05, 3.63) is 36.4 Å². The molecule has 25 heavy (non-hydrogen) atoms. The Kier molecular flexibility index (Phi) is 8.90. The van der Waals surface area contributed by atoms with Crippen molar-refractivity contribution in [3.8, 4) is 0 Å². The van der Waals surface area contributed by atoms with E-state index in [2.05, 4.69) is 15.0 Å². The molecule has 135 valence electrons. The van der Waals surface area contributed by atoms with Crippen LogP contribution in [0.2, 0.25) is 0 Å². The van der Waals surface area contributed by atoms with E-state index in [1.54, 1.807) is 13.0 Å². The van der Waals surface area contributed by atoms with Crippen LogP contribution < -0.4 is 11.1 Å². The van der Waals surface area contributed by atoms with Gasteiger partial charge in [-0.2, -0.15) is 0 Å². The Bertz CT molecular complexity index is 669. The van der Waals surface area contributed by atoms with E-state index in [0.717, 1.165) is 17.3 Å². The molecular weight excluding hydrogens is 321 g/mol. The van der Waals surface area contributed by atoms with Crippen LogP contribution in [0.25, 0.3) is 10.9 Å². The van der Waals surface area contributed by atoms with Gasteiger partial charge in [-0.05, 0) is 37.5 Å². The summed E-state index contributed by atoms with van der Waals surface area (Å²) in [5.74, 6) is 0.184. The maximum Gasteiger partial charge on any atom is 0.486 e. The molecule has 2 aromatic rings. The summed E-state index contributed by atoms with van der Waals surface area (Å²) in [6.07, 6.45) is 0.395. The summed E-state index contributed by atoms with van der Waals surface area (Å²) in [6, 6.07) is 10.8. The number of nitrogens with one attached hydrogen (secondary N) is 1. The quantitative estimate of drug-likeness (QED) is 0.447. The highest BCUT2D eigenvalue weighted by molar-refractivity contribution is 6.15. The fraction of sp³-hybridized carbons (Fsp3) is 0.412. The molecule has 8 heteroatoms. The van der Waals surface area contributed by atoms with Gasteiger partial charge in [0, 0.05) is 5.39 Å². The Balaban J connectivity index is 0.000000299. The van der Waals surface area contributed by atoms with Gasteiger partial charge in [0.15, 0.2) is 0 Å². The molecule has 0 aliphatic rings. The van der Waals surface area contributed by atoms with E-state index >= 15 is 0 Å². The van der Waals surface area contributed by atoms with Gasteiger partial charge in [-0.3, -0.25) is 4.79 Å². The number of aromatic nitrogens is 1. The maximum absolute atomic E-state index is 10.7. The van der Waals surface area contributed by atoms with Crippen LogP contribution >= 0.6 is 0 Å². The van der Waals surface area contributed by atoms with Crippen molar-refractivity contribution in [1.29, 1.82) is 0 Å². The van der Waals surface area contributed by atoms with Crippen molar-refractivity contribution < 1.29 is 19.6 Å². The smallest absolute Gasteiger partial charge is 0.480 e. The maximum atomic E-state index is 10.7. The van der Waals surface area contributed by atoms with Gasteiger partial charge in [-0.25, -0.2) is 4.98 Å². The van der Waals surface area contributed by atoms with Crippen LogP contribution in [0.1, 0.15) is 27.2 Å². The number of rotatable bonds is 7. The molecule has 0 bridgehead atoms. The Morgan fingerprint density at radius 1 is 1.28 bits per heavy atom. The number of pyridine rings is 1. The van der Waals surface area contributed by atoms with Crippen molar-refractivity contribution in [3.63, 3.8) is 0 Å². The molecule has 2 atom stereocenters. The first kappa shape index (κ1) is 20.9. The van der Waals surface area contributed by atoms with Crippen LogP contribution in [-0.4, -0.2) is 41.0 Å². The number of hydrogen-bond donors (Lipinski definition) is 4. The number of anilines is 1. The lowest BCUT2D eigenvalue weighted by Gasteiger charge is -2.12. The Hall–Kier alpha value is -2.16. The number of carbonyl (C=O) groups is 1. The largest absolute Gasteiger partial charge is 0.486 e. The van der Waals surface area contributed by atoms with Crippen LogP contribution in [0, 0.1) is 5.92 Å². The third-order valence-corrected chi connectivity index (χ3v) is 3.27. The summed E-state index contributed by atoms with van der Waals surface area (Å²) in [7, 11) is 0.632. The topological polar surface area (TPSA) is 118 Å². The minimum absolute atomic E-state index is 0.366.